The molecule has 0 bridgehead atoms. The minimum atomic E-state index is -0.0788. The number of hydrogen-bond donors (Lipinski definition) is 3. The molecule has 5 nitrogen and oxygen atoms in total. The van der Waals surface area contributed by atoms with Crippen molar-refractivity contribution in [1.82, 2.24) is 16.0 Å². The molecule has 0 fully saturated rings. The lowest BCUT2D eigenvalue weighted by molar-refractivity contribution is -0.124. The van der Waals surface area contributed by atoms with Crippen LogP contribution < -0.4 is 16.0 Å². The number of hydrogen-bond acceptors (Lipinski definition) is 3. The Morgan fingerprint density at radius 2 is 1.80 bits per heavy atom. The second-order valence-electron chi connectivity index (χ2n) is 3.48. The van der Waals surface area contributed by atoms with Gasteiger partial charge < -0.3 is 16.0 Å². The summed E-state index contributed by atoms with van der Waals surface area (Å²) < 4.78 is 0. The highest BCUT2D eigenvalue weighted by Gasteiger charge is 2.10. The molecular weight excluding hydrogens is 194 g/mol. The number of nitrogens with one attached hydrogen (secondary N) is 3. The Kier molecular flexibility index (Phi) is 7.62. The van der Waals surface area contributed by atoms with Crippen LogP contribution in [0.25, 0.3) is 0 Å². The maximum absolute atomic E-state index is 11.4. The van der Waals surface area contributed by atoms with Gasteiger partial charge >= 0.3 is 0 Å². The zero-order chi connectivity index (χ0) is 11.7. The lowest BCUT2D eigenvalue weighted by atomic mass is 10.1. The molecule has 0 aliphatic carbocycles. The van der Waals surface area contributed by atoms with Crippen molar-refractivity contribution in [3.8, 4) is 0 Å². The molecule has 0 heterocycles. The topological polar surface area (TPSA) is 70.2 Å². The van der Waals surface area contributed by atoms with Crippen molar-refractivity contribution >= 4 is 11.8 Å². The zero-order valence-corrected chi connectivity index (χ0v) is 9.72. The fourth-order valence-corrected chi connectivity index (χ4v) is 1.05. The van der Waals surface area contributed by atoms with Crippen molar-refractivity contribution in [1.29, 1.82) is 0 Å². The van der Waals surface area contributed by atoms with Gasteiger partial charge in [0.25, 0.3) is 0 Å². The Bertz CT molecular complexity index is 207. The molecule has 88 valence electrons. The van der Waals surface area contributed by atoms with E-state index < -0.39 is 0 Å². The fraction of sp³-hybridized carbons (Fsp3) is 0.800. The van der Waals surface area contributed by atoms with Gasteiger partial charge in [0.05, 0.1) is 0 Å². The first kappa shape index (κ1) is 13.9. The normalized spacial score (nSPS) is 11.9. The van der Waals surface area contributed by atoms with E-state index in [-0.39, 0.29) is 17.7 Å². The highest BCUT2D eigenvalue weighted by Crippen LogP contribution is 1.91. The predicted molar refractivity (Wildman–Crippen MR) is 59.4 cm³/mol. The van der Waals surface area contributed by atoms with Crippen LogP contribution >= 0.6 is 0 Å². The van der Waals surface area contributed by atoms with E-state index >= 15 is 0 Å². The quantitative estimate of drug-likeness (QED) is 0.501. The molecule has 0 saturated heterocycles. The molecule has 5 heteroatoms. The molecule has 0 spiro atoms. The number of amides is 2. The van der Waals surface area contributed by atoms with Crippen LogP contribution in [0.15, 0.2) is 0 Å². The molecule has 0 rings (SSSR count). The Balaban J connectivity index is 3.51. The third kappa shape index (κ3) is 7.93. The zero-order valence-electron chi connectivity index (χ0n) is 9.72. The largest absolute Gasteiger partial charge is 0.355 e. The summed E-state index contributed by atoms with van der Waals surface area (Å²) in [5, 5.41) is 8.47. The minimum Gasteiger partial charge on any atom is -0.355 e. The minimum absolute atomic E-state index is 0.0151. The summed E-state index contributed by atoms with van der Waals surface area (Å²) in [6, 6.07) is 0. The van der Waals surface area contributed by atoms with Crippen LogP contribution in [-0.2, 0) is 9.59 Å². The summed E-state index contributed by atoms with van der Waals surface area (Å²) in [7, 11) is 0. The Labute approximate surface area is 91.0 Å². The van der Waals surface area contributed by atoms with Crippen LogP contribution in [0.3, 0.4) is 0 Å². The van der Waals surface area contributed by atoms with Crippen LogP contribution in [0, 0.1) is 5.92 Å². The van der Waals surface area contributed by atoms with E-state index in [0.717, 1.165) is 6.54 Å². The molecule has 0 saturated carbocycles. The summed E-state index contributed by atoms with van der Waals surface area (Å²) in [6.45, 7) is 7.84. The first-order valence-electron chi connectivity index (χ1n) is 5.30. The molecule has 1 atom stereocenters. The van der Waals surface area contributed by atoms with Crippen LogP contribution in [0.4, 0.5) is 0 Å². The maximum Gasteiger partial charge on any atom is 0.224 e. The maximum atomic E-state index is 11.4. The molecule has 0 aliphatic heterocycles. The van der Waals surface area contributed by atoms with Gasteiger partial charge in [0, 0.05) is 32.5 Å². The van der Waals surface area contributed by atoms with Gasteiger partial charge in [-0.1, -0.05) is 13.8 Å². The van der Waals surface area contributed by atoms with Crippen LogP contribution in [0.1, 0.15) is 20.8 Å². The van der Waals surface area contributed by atoms with Gasteiger partial charge in [0.1, 0.15) is 0 Å². The average Bonchev–Trinajstić information content (AvgIpc) is 2.20. The molecule has 0 aromatic heterocycles. The fourth-order valence-electron chi connectivity index (χ4n) is 1.05. The number of carbonyl (C=O) groups excluding carboxylic acids is 2. The van der Waals surface area contributed by atoms with E-state index in [9.17, 15) is 9.59 Å². The Morgan fingerprint density at radius 3 is 2.33 bits per heavy atom. The molecule has 15 heavy (non-hydrogen) atoms. The molecule has 1 unspecified atom stereocenters. The monoisotopic (exact) mass is 215 g/mol. The summed E-state index contributed by atoms with van der Waals surface area (Å²) in [4.78, 5) is 22.0. The molecule has 2 amide bonds. The lowest BCUT2D eigenvalue weighted by Crippen LogP contribution is -2.39. The van der Waals surface area contributed by atoms with Crippen molar-refractivity contribution in [3.63, 3.8) is 0 Å². The third-order valence-corrected chi connectivity index (χ3v) is 1.95. The van der Waals surface area contributed by atoms with Gasteiger partial charge in [-0.15, -0.1) is 0 Å². The van der Waals surface area contributed by atoms with Crippen molar-refractivity contribution in [3.05, 3.63) is 0 Å². The van der Waals surface area contributed by atoms with E-state index in [0.29, 0.717) is 19.6 Å². The summed E-state index contributed by atoms with van der Waals surface area (Å²) in [6.07, 6.45) is 0. The second-order valence-corrected chi connectivity index (χ2v) is 3.48. The average molecular weight is 215 g/mol. The highest BCUT2D eigenvalue weighted by atomic mass is 16.2. The highest BCUT2D eigenvalue weighted by molar-refractivity contribution is 5.78. The van der Waals surface area contributed by atoms with E-state index in [1.807, 2.05) is 13.8 Å². The van der Waals surface area contributed by atoms with Crippen molar-refractivity contribution in [2.75, 3.05) is 26.2 Å². The van der Waals surface area contributed by atoms with Gasteiger partial charge in [-0.25, -0.2) is 0 Å². The van der Waals surface area contributed by atoms with Gasteiger partial charge in [-0.05, 0) is 6.54 Å². The second kappa shape index (κ2) is 8.23. The van der Waals surface area contributed by atoms with Crippen LogP contribution in [-0.4, -0.2) is 38.0 Å². The molecule has 0 aromatic carbocycles. The number of carbonyl (C=O) groups is 2. The summed E-state index contributed by atoms with van der Waals surface area (Å²) >= 11 is 0. The van der Waals surface area contributed by atoms with Crippen LogP contribution in [0.2, 0.25) is 0 Å². The molecule has 0 aromatic rings. The van der Waals surface area contributed by atoms with Gasteiger partial charge in [0.2, 0.25) is 11.8 Å². The molecular formula is C10H21N3O2. The molecule has 3 N–H and O–H groups in total. The van der Waals surface area contributed by atoms with Gasteiger partial charge in [-0.3, -0.25) is 9.59 Å². The van der Waals surface area contributed by atoms with Crippen molar-refractivity contribution in [2.24, 2.45) is 5.92 Å². The number of rotatable bonds is 7. The Morgan fingerprint density at radius 1 is 1.20 bits per heavy atom. The van der Waals surface area contributed by atoms with Gasteiger partial charge in [0.15, 0.2) is 0 Å². The van der Waals surface area contributed by atoms with E-state index in [2.05, 4.69) is 16.0 Å². The standard InChI is InChI=1S/C10H21N3O2/c1-4-11-7-8(2)10(15)13-6-5-12-9(3)14/h8,11H,4-7H2,1-3H3,(H,12,14)(H,13,15). The van der Waals surface area contributed by atoms with Gasteiger partial charge in [-0.2, -0.15) is 0 Å². The SMILES string of the molecule is CCNCC(C)C(=O)NCCNC(C)=O. The first-order chi connectivity index (χ1) is 7.07. The Hall–Kier alpha value is -1.10. The predicted octanol–water partition coefficient (Wildman–Crippen LogP) is -0.516. The van der Waals surface area contributed by atoms with Crippen molar-refractivity contribution < 1.29 is 9.59 Å². The van der Waals surface area contributed by atoms with E-state index in [1.165, 1.54) is 6.92 Å². The molecule has 0 aliphatic rings. The summed E-state index contributed by atoms with van der Waals surface area (Å²) in [5.41, 5.74) is 0. The molecule has 0 radical (unpaired) electrons. The third-order valence-electron chi connectivity index (χ3n) is 1.95. The lowest BCUT2D eigenvalue weighted by Gasteiger charge is -2.12. The smallest absolute Gasteiger partial charge is 0.224 e. The first-order valence-corrected chi connectivity index (χ1v) is 5.30. The van der Waals surface area contributed by atoms with Crippen LogP contribution in [0.5, 0.6) is 0 Å². The summed E-state index contributed by atoms with van der Waals surface area (Å²) in [5.74, 6) is -0.103. The van der Waals surface area contributed by atoms with E-state index in [1.54, 1.807) is 0 Å². The van der Waals surface area contributed by atoms with Crippen molar-refractivity contribution in [2.45, 2.75) is 20.8 Å². The van der Waals surface area contributed by atoms with E-state index in [4.69, 9.17) is 0 Å².